The molecule has 0 N–H and O–H groups in total. The summed E-state index contributed by atoms with van der Waals surface area (Å²) in [5, 5.41) is 2.02. The zero-order chi connectivity index (χ0) is 20.9. The van der Waals surface area contributed by atoms with Gasteiger partial charge >= 0.3 is 18.2 Å². The molecule has 0 spiro atoms. The van der Waals surface area contributed by atoms with E-state index in [1.165, 1.54) is 6.20 Å². The average molecular weight is 390 g/mol. The summed E-state index contributed by atoms with van der Waals surface area (Å²) in [5.74, 6) is -0.637. The molecule has 1 aromatic rings. The van der Waals surface area contributed by atoms with Crippen molar-refractivity contribution >= 4 is 18.2 Å². The summed E-state index contributed by atoms with van der Waals surface area (Å²) in [6, 6.07) is 7.98. The lowest BCUT2D eigenvalue weighted by Crippen LogP contribution is -2.46. The Labute approximate surface area is 164 Å². The van der Waals surface area contributed by atoms with Gasteiger partial charge in [-0.1, -0.05) is 30.3 Å². The van der Waals surface area contributed by atoms with Gasteiger partial charge in [0.15, 0.2) is 0 Å². The SMILES string of the molecule is CCOC(=O)N1C=C(C(=O)OC(C)(C)C)C(c2ccccc2)N1C(=O)OCC. The molecule has 0 bridgehead atoms. The van der Waals surface area contributed by atoms with Gasteiger partial charge in [0, 0.05) is 6.20 Å². The maximum absolute atomic E-state index is 12.8. The molecule has 8 heteroatoms. The number of carbonyl (C=O) groups excluding carboxylic acids is 3. The quantitative estimate of drug-likeness (QED) is 0.574. The Morgan fingerprint density at radius 2 is 1.54 bits per heavy atom. The first-order valence-electron chi connectivity index (χ1n) is 9.11. The molecule has 8 nitrogen and oxygen atoms in total. The van der Waals surface area contributed by atoms with Crippen molar-refractivity contribution < 1.29 is 28.6 Å². The Hall–Kier alpha value is -3.03. The predicted octanol–water partition coefficient (Wildman–Crippen LogP) is 3.80. The van der Waals surface area contributed by atoms with Crippen LogP contribution >= 0.6 is 0 Å². The molecule has 1 unspecified atom stereocenters. The fraction of sp³-hybridized carbons (Fsp3) is 0.450. The predicted molar refractivity (Wildman–Crippen MR) is 101 cm³/mol. The first-order chi connectivity index (χ1) is 13.2. The molecule has 1 aliphatic rings. The average Bonchev–Trinajstić information content (AvgIpc) is 3.02. The van der Waals surface area contributed by atoms with Crippen LogP contribution in [0.25, 0.3) is 0 Å². The van der Waals surface area contributed by atoms with E-state index in [-0.39, 0.29) is 18.8 Å². The summed E-state index contributed by atoms with van der Waals surface area (Å²) in [6.45, 7) is 8.74. The third kappa shape index (κ3) is 4.82. The molecule has 2 amide bonds. The lowest BCUT2D eigenvalue weighted by molar-refractivity contribution is -0.150. The van der Waals surface area contributed by atoms with Crippen LogP contribution in [-0.4, -0.2) is 47.0 Å². The number of nitrogens with zero attached hydrogens (tertiary/aromatic N) is 2. The van der Waals surface area contributed by atoms with E-state index in [4.69, 9.17) is 14.2 Å². The van der Waals surface area contributed by atoms with Gasteiger partial charge in [0.2, 0.25) is 0 Å². The van der Waals surface area contributed by atoms with E-state index in [1.807, 2.05) is 6.07 Å². The first-order valence-corrected chi connectivity index (χ1v) is 9.11. The highest BCUT2D eigenvalue weighted by Gasteiger charge is 2.45. The summed E-state index contributed by atoms with van der Waals surface area (Å²) in [6.07, 6.45) is -0.310. The number of benzene rings is 1. The van der Waals surface area contributed by atoms with E-state index in [2.05, 4.69) is 0 Å². The zero-order valence-electron chi connectivity index (χ0n) is 16.8. The van der Waals surface area contributed by atoms with E-state index in [0.717, 1.165) is 10.0 Å². The van der Waals surface area contributed by atoms with Crippen LogP contribution in [0, 0.1) is 0 Å². The number of carbonyl (C=O) groups is 3. The smallest absolute Gasteiger partial charge is 0.433 e. The monoisotopic (exact) mass is 390 g/mol. The maximum Gasteiger partial charge on any atom is 0.433 e. The number of esters is 1. The van der Waals surface area contributed by atoms with Crippen molar-refractivity contribution in [1.29, 1.82) is 0 Å². The van der Waals surface area contributed by atoms with Crippen LogP contribution in [0.3, 0.4) is 0 Å². The molecule has 0 saturated carbocycles. The van der Waals surface area contributed by atoms with Crippen LogP contribution in [0.1, 0.15) is 46.2 Å². The Kier molecular flexibility index (Phi) is 6.66. The van der Waals surface area contributed by atoms with E-state index in [9.17, 15) is 14.4 Å². The second-order valence-corrected chi connectivity index (χ2v) is 6.99. The minimum absolute atomic E-state index is 0.106. The van der Waals surface area contributed by atoms with Crippen LogP contribution in [0.15, 0.2) is 42.1 Å². The van der Waals surface area contributed by atoms with Gasteiger partial charge in [-0.3, -0.25) is 0 Å². The highest BCUT2D eigenvalue weighted by Crippen LogP contribution is 2.38. The van der Waals surface area contributed by atoms with Crippen molar-refractivity contribution in [1.82, 2.24) is 10.0 Å². The number of hydrogen-bond acceptors (Lipinski definition) is 6. The molecule has 0 fully saturated rings. The molecule has 0 aliphatic carbocycles. The Bertz CT molecular complexity index is 754. The molecule has 0 radical (unpaired) electrons. The molecular formula is C20H26N2O6. The fourth-order valence-electron chi connectivity index (χ4n) is 2.69. The van der Waals surface area contributed by atoms with Crippen molar-refractivity contribution in [3.8, 4) is 0 Å². The molecule has 1 aliphatic heterocycles. The molecule has 1 atom stereocenters. The second-order valence-electron chi connectivity index (χ2n) is 6.99. The standard InChI is InChI=1S/C20H26N2O6/c1-6-26-18(24)21-13-15(17(23)28-20(3,4)5)16(14-11-9-8-10-12-14)22(21)19(25)27-7-2/h8-13,16H,6-7H2,1-5H3. The first kappa shape index (κ1) is 21.3. The molecule has 28 heavy (non-hydrogen) atoms. The van der Waals surface area contributed by atoms with Gasteiger partial charge in [-0.25, -0.2) is 14.4 Å². The summed E-state index contributed by atoms with van der Waals surface area (Å²) in [4.78, 5) is 38.0. The van der Waals surface area contributed by atoms with Crippen molar-refractivity contribution in [2.45, 2.75) is 46.3 Å². The molecule has 152 valence electrons. The summed E-state index contributed by atoms with van der Waals surface area (Å²) >= 11 is 0. The number of hydrogen-bond donors (Lipinski definition) is 0. The lowest BCUT2D eigenvalue weighted by Gasteiger charge is -2.31. The highest BCUT2D eigenvalue weighted by molar-refractivity contribution is 5.93. The molecular weight excluding hydrogens is 364 g/mol. The molecule has 1 heterocycles. The number of ether oxygens (including phenoxy) is 3. The van der Waals surface area contributed by atoms with Gasteiger partial charge in [0.1, 0.15) is 11.6 Å². The van der Waals surface area contributed by atoms with E-state index < -0.39 is 29.8 Å². The topological polar surface area (TPSA) is 85.4 Å². The Morgan fingerprint density at radius 3 is 2.07 bits per heavy atom. The van der Waals surface area contributed by atoms with Crippen molar-refractivity contribution in [2.75, 3.05) is 13.2 Å². The van der Waals surface area contributed by atoms with E-state index >= 15 is 0 Å². The third-order valence-corrected chi connectivity index (χ3v) is 3.69. The van der Waals surface area contributed by atoms with Crippen molar-refractivity contribution in [3.63, 3.8) is 0 Å². The normalized spacial score (nSPS) is 16.5. The van der Waals surface area contributed by atoms with E-state index in [1.54, 1.807) is 58.9 Å². The zero-order valence-corrected chi connectivity index (χ0v) is 16.8. The fourth-order valence-corrected chi connectivity index (χ4v) is 2.69. The summed E-state index contributed by atoms with van der Waals surface area (Å²) in [5.41, 5.74) is 0.00679. The van der Waals surface area contributed by atoms with Crippen molar-refractivity contribution in [3.05, 3.63) is 47.7 Å². The number of amides is 2. The van der Waals surface area contributed by atoms with Crippen LogP contribution in [0.4, 0.5) is 9.59 Å². The van der Waals surface area contributed by atoms with Crippen LogP contribution in [0.2, 0.25) is 0 Å². The van der Waals surface area contributed by atoms with Crippen molar-refractivity contribution in [2.24, 2.45) is 0 Å². The van der Waals surface area contributed by atoms with Crippen LogP contribution in [-0.2, 0) is 19.0 Å². The lowest BCUT2D eigenvalue weighted by atomic mass is 10.00. The largest absolute Gasteiger partial charge is 0.456 e. The van der Waals surface area contributed by atoms with Gasteiger partial charge in [0.25, 0.3) is 0 Å². The number of rotatable bonds is 4. The maximum atomic E-state index is 12.8. The molecule has 1 aromatic carbocycles. The Balaban J connectivity index is 2.54. The number of hydrazine groups is 1. The molecule has 0 aromatic heterocycles. The summed E-state index contributed by atoms with van der Waals surface area (Å²) in [7, 11) is 0. The van der Waals surface area contributed by atoms with Gasteiger partial charge < -0.3 is 14.2 Å². The molecule has 2 rings (SSSR count). The van der Waals surface area contributed by atoms with Gasteiger partial charge in [0.05, 0.1) is 18.8 Å². The van der Waals surface area contributed by atoms with Gasteiger partial charge in [-0.15, -0.1) is 0 Å². The molecule has 0 saturated heterocycles. The Morgan fingerprint density at radius 1 is 0.964 bits per heavy atom. The third-order valence-electron chi connectivity index (χ3n) is 3.69. The minimum Gasteiger partial charge on any atom is -0.456 e. The van der Waals surface area contributed by atoms with Crippen LogP contribution in [0.5, 0.6) is 0 Å². The highest BCUT2D eigenvalue weighted by atomic mass is 16.6. The second kappa shape index (κ2) is 8.77. The minimum atomic E-state index is -0.889. The van der Waals surface area contributed by atoms with Gasteiger partial charge in [-0.2, -0.15) is 10.0 Å². The van der Waals surface area contributed by atoms with Gasteiger partial charge in [-0.05, 0) is 40.2 Å². The van der Waals surface area contributed by atoms with Crippen LogP contribution < -0.4 is 0 Å². The van der Waals surface area contributed by atoms with E-state index in [0.29, 0.717) is 5.56 Å². The summed E-state index contributed by atoms with van der Waals surface area (Å²) < 4.78 is 15.6.